The van der Waals surface area contributed by atoms with Crippen molar-refractivity contribution in [2.75, 3.05) is 0 Å². The first-order valence-corrected chi connectivity index (χ1v) is 6.76. The molecule has 1 unspecified atom stereocenters. The Morgan fingerprint density at radius 2 is 1.76 bits per heavy atom. The lowest BCUT2D eigenvalue weighted by Crippen LogP contribution is -1.98. The van der Waals surface area contributed by atoms with E-state index in [0.717, 1.165) is 16.3 Å². The summed E-state index contributed by atoms with van der Waals surface area (Å²) in [5, 5.41) is 2.11. The van der Waals surface area contributed by atoms with Crippen molar-refractivity contribution < 1.29 is 4.39 Å². The van der Waals surface area contributed by atoms with Gasteiger partial charge < -0.3 is 4.57 Å². The third kappa shape index (κ3) is 1.56. The van der Waals surface area contributed by atoms with Crippen LogP contribution in [0.3, 0.4) is 0 Å². The number of halogens is 2. The van der Waals surface area contributed by atoms with Crippen molar-refractivity contribution in [3.05, 3.63) is 48.3 Å². The Bertz CT molecular complexity index is 700. The highest BCUT2D eigenvalue weighted by Crippen LogP contribution is 2.34. The van der Waals surface area contributed by atoms with Crippen molar-refractivity contribution in [1.82, 2.24) is 4.57 Å². The lowest BCUT2D eigenvalue weighted by atomic mass is 10.1. The number of fused-ring (bicyclic) bond motifs is 3. The standard InChI is InChI=1S/C14H11FIN/c1-9(16)17-13-8-3-2-5-10(13)11-6-4-7-12(15)14(11)17/h2-9H,1H3. The second-order valence-electron chi connectivity index (χ2n) is 4.10. The Balaban J connectivity index is 2.63. The van der Waals surface area contributed by atoms with Gasteiger partial charge in [0.05, 0.1) is 15.1 Å². The Morgan fingerprint density at radius 1 is 1.06 bits per heavy atom. The highest BCUT2D eigenvalue weighted by molar-refractivity contribution is 14.1. The average Bonchev–Trinajstić information content (AvgIpc) is 2.65. The summed E-state index contributed by atoms with van der Waals surface area (Å²) in [5.74, 6) is -0.151. The lowest BCUT2D eigenvalue weighted by Gasteiger charge is -2.10. The maximum absolute atomic E-state index is 14.0. The average molecular weight is 339 g/mol. The predicted octanol–water partition coefficient (Wildman–Crippen LogP) is 4.89. The number of aromatic nitrogens is 1. The molecule has 2 aromatic carbocycles. The molecular formula is C14H11FIN. The van der Waals surface area contributed by atoms with Gasteiger partial charge in [0.15, 0.2) is 0 Å². The Morgan fingerprint density at radius 3 is 2.53 bits per heavy atom. The van der Waals surface area contributed by atoms with Gasteiger partial charge in [-0.25, -0.2) is 4.39 Å². The first kappa shape index (κ1) is 11.0. The number of hydrogen-bond donors (Lipinski definition) is 0. The van der Waals surface area contributed by atoms with Gasteiger partial charge in [-0.2, -0.15) is 0 Å². The van der Waals surface area contributed by atoms with Crippen LogP contribution in [0.1, 0.15) is 11.0 Å². The third-order valence-corrected chi connectivity index (χ3v) is 3.59. The largest absolute Gasteiger partial charge is 0.326 e. The molecule has 0 amide bonds. The quantitative estimate of drug-likeness (QED) is 0.440. The van der Waals surface area contributed by atoms with Gasteiger partial charge in [-0.15, -0.1) is 0 Å². The molecule has 0 radical (unpaired) electrons. The summed E-state index contributed by atoms with van der Waals surface area (Å²) in [6, 6.07) is 13.4. The maximum atomic E-state index is 14.0. The van der Waals surface area contributed by atoms with Gasteiger partial charge in [0.25, 0.3) is 0 Å². The number of nitrogens with zero attached hydrogens (tertiary/aromatic N) is 1. The normalized spacial score (nSPS) is 13.4. The van der Waals surface area contributed by atoms with Crippen molar-refractivity contribution in [2.24, 2.45) is 0 Å². The topological polar surface area (TPSA) is 4.93 Å². The van der Waals surface area contributed by atoms with Gasteiger partial charge in [-0.1, -0.05) is 52.9 Å². The van der Waals surface area contributed by atoms with Crippen LogP contribution in [0.15, 0.2) is 42.5 Å². The van der Waals surface area contributed by atoms with Crippen LogP contribution in [0.25, 0.3) is 21.8 Å². The summed E-state index contributed by atoms with van der Waals surface area (Å²) in [4.78, 5) is 0. The molecule has 0 fully saturated rings. The molecule has 3 heteroatoms. The van der Waals surface area contributed by atoms with E-state index in [-0.39, 0.29) is 9.87 Å². The fraction of sp³-hybridized carbons (Fsp3) is 0.143. The van der Waals surface area contributed by atoms with Crippen LogP contribution < -0.4 is 0 Å². The van der Waals surface area contributed by atoms with E-state index >= 15 is 0 Å². The van der Waals surface area contributed by atoms with Crippen LogP contribution in [0.2, 0.25) is 0 Å². The summed E-state index contributed by atoms with van der Waals surface area (Å²) >= 11 is 2.31. The zero-order valence-electron chi connectivity index (χ0n) is 9.32. The predicted molar refractivity (Wildman–Crippen MR) is 78.1 cm³/mol. The van der Waals surface area contributed by atoms with E-state index in [1.807, 2.05) is 30.3 Å². The van der Waals surface area contributed by atoms with Crippen molar-refractivity contribution in [2.45, 2.75) is 11.0 Å². The minimum absolute atomic E-state index is 0.151. The summed E-state index contributed by atoms with van der Waals surface area (Å²) < 4.78 is 16.3. The summed E-state index contributed by atoms with van der Waals surface area (Å²) in [5.41, 5.74) is 1.80. The number of benzene rings is 2. The van der Waals surface area contributed by atoms with Crippen LogP contribution in [0.4, 0.5) is 4.39 Å². The van der Waals surface area contributed by atoms with E-state index in [0.29, 0.717) is 5.52 Å². The number of para-hydroxylation sites is 2. The minimum Gasteiger partial charge on any atom is -0.326 e. The fourth-order valence-electron chi connectivity index (χ4n) is 2.38. The molecule has 0 bridgehead atoms. The van der Waals surface area contributed by atoms with Crippen LogP contribution >= 0.6 is 22.6 Å². The van der Waals surface area contributed by atoms with E-state index in [4.69, 9.17) is 0 Å². The zero-order valence-corrected chi connectivity index (χ0v) is 11.5. The molecular weight excluding hydrogens is 328 g/mol. The highest BCUT2D eigenvalue weighted by atomic mass is 127. The first-order chi connectivity index (χ1) is 8.20. The molecule has 1 aromatic heterocycles. The monoisotopic (exact) mass is 339 g/mol. The molecule has 17 heavy (non-hydrogen) atoms. The van der Waals surface area contributed by atoms with Gasteiger partial charge >= 0.3 is 0 Å². The first-order valence-electron chi connectivity index (χ1n) is 5.51. The van der Waals surface area contributed by atoms with Crippen LogP contribution in [-0.2, 0) is 0 Å². The Labute approximate surface area is 112 Å². The molecule has 0 saturated heterocycles. The minimum atomic E-state index is -0.151. The van der Waals surface area contributed by atoms with Crippen molar-refractivity contribution in [3.63, 3.8) is 0 Å². The summed E-state index contributed by atoms with van der Waals surface area (Å²) in [6.07, 6.45) is 0. The smallest absolute Gasteiger partial charge is 0.147 e. The van der Waals surface area contributed by atoms with E-state index in [2.05, 4.69) is 34.1 Å². The molecule has 0 aliphatic carbocycles. The Hall–Kier alpha value is -1.10. The van der Waals surface area contributed by atoms with Gasteiger partial charge in [-0.05, 0) is 19.1 Å². The SMILES string of the molecule is CC(I)n1c2ccccc2c2cccc(F)c21. The van der Waals surface area contributed by atoms with Crippen molar-refractivity contribution in [1.29, 1.82) is 0 Å². The molecule has 0 spiro atoms. The molecule has 3 aromatic rings. The number of alkyl halides is 1. The molecule has 0 aliphatic heterocycles. The summed E-state index contributed by atoms with van der Waals surface area (Å²) in [6.45, 7) is 2.07. The Kier molecular flexibility index (Phi) is 2.58. The fourth-order valence-corrected chi connectivity index (χ4v) is 2.96. The molecule has 0 N–H and O–H groups in total. The maximum Gasteiger partial charge on any atom is 0.147 e. The third-order valence-electron chi connectivity index (χ3n) is 3.04. The van der Waals surface area contributed by atoms with Gasteiger partial charge in [0.1, 0.15) is 5.82 Å². The van der Waals surface area contributed by atoms with Gasteiger partial charge in [-0.3, -0.25) is 0 Å². The van der Waals surface area contributed by atoms with E-state index in [1.165, 1.54) is 6.07 Å². The van der Waals surface area contributed by atoms with Crippen LogP contribution in [0, 0.1) is 5.82 Å². The molecule has 0 aliphatic rings. The van der Waals surface area contributed by atoms with Crippen molar-refractivity contribution >= 4 is 44.4 Å². The van der Waals surface area contributed by atoms with Crippen LogP contribution in [-0.4, -0.2) is 4.57 Å². The highest BCUT2D eigenvalue weighted by Gasteiger charge is 2.15. The zero-order chi connectivity index (χ0) is 12.0. The molecule has 3 rings (SSSR count). The second-order valence-corrected chi connectivity index (χ2v) is 5.90. The van der Waals surface area contributed by atoms with E-state index < -0.39 is 0 Å². The summed E-state index contributed by atoms with van der Waals surface area (Å²) in [7, 11) is 0. The van der Waals surface area contributed by atoms with Crippen LogP contribution in [0.5, 0.6) is 0 Å². The second kappa shape index (κ2) is 3.98. The number of rotatable bonds is 1. The molecule has 1 atom stereocenters. The van der Waals surface area contributed by atoms with Gasteiger partial charge in [0.2, 0.25) is 0 Å². The number of hydrogen-bond acceptors (Lipinski definition) is 0. The molecule has 0 saturated carbocycles. The van der Waals surface area contributed by atoms with E-state index in [1.54, 1.807) is 6.07 Å². The molecule has 86 valence electrons. The van der Waals surface area contributed by atoms with E-state index in [9.17, 15) is 4.39 Å². The molecule has 1 nitrogen and oxygen atoms in total. The molecule has 1 heterocycles. The van der Waals surface area contributed by atoms with Crippen molar-refractivity contribution in [3.8, 4) is 0 Å². The lowest BCUT2D eigenvalue weighted by molar-refractivity contribution is 0.628. The van der Waals surface area contributed by atoms with Gasteiger partial charge in [0, 0.05) is 10.8 Å².